The van der Waals surface area contributed by atoms with E-state index in [1.54, 1.807) is 6.92 Å². The molecule has 0 heterocycles. The fraction of sp³-hybridized carbons (Fsp3) is 0.733. The van der Waals surface area contributed by atoms with E-state index < -0.39 is 6.17 Å². The van der Waals surface area contributed by atoms with Gasteiger partial charge in [0.15, 0.2) is 0 Å². The molecule has 0 saturated carbocycles. The average molecular weight is 900 g/mol. The maximum atomic E-state index is 13.2. The van der Waals surface area contributed by atoms with Gasteiger partial charge in [-0.3, -0.25) is 0 Å². The number of benzene rings is 1. The number of anilines is 1. The van der Waals surface area contributed by atoms with Crippen LogP contribution in [0, 0.1) is 56.8 Å². The molecule has 0 aliphatic carbocycles. The molecule has 0 radical (unpaired) electrons. The van der Waals surface area contributed by atoms with Crippen molar-refractivity contribution in [2.75, 3.05) is 11.9 Å². The largest absolute Gasteiger partial charge is 2.00 e. The van der Waals surface area contributed by atoms with Crippen molar-refractivity contribution in [2.24, 2.45) is 11.8 Å². The van der Waals surface area contributed by atoms with Crippen molar-refractivity contribution in [1.82, 2.24) is 0 Å². The van der Waals surface area contributed by atoms with Gasteiger partial charge in [0.25, 0.3) is 0 Å². The number of halogens is 1. The Morgan fingerprint density at radius 2 is 1.17 bits per heavy atom. The van der Waals surface area contributed by atoms with Crippen molar-refractivity contribution < 1.29 is 35.5 Å². The predicted octanol–water partition coefficient (Wildman–Crippen LogP) is 16.9. The zero-order valence-corrected chi connectivity index (χ0v) is 39.7. The summed E-state index contributed by atoms with van der Waals surface area (Å²) in [5.41, 5.74) is 4.46. The fourth-order valence-corrected chi connectivity index (χ4v) is 3.76. The summed E-state index contributed by atoms with van der Waals surface area (Å²) >= 11 is 0. The maximum Gasteiger partial charge on any atom is 2.00 e. The molecule has 1 aromatic carbocycles. The van der Waals surface area contributed by atoms with Gasteiger partial charge in [-0.1, -0.05) is 184 Å². The van der Waals surface area contributed by atoms with Crippen molar-refractivity contribution in [3.63, 3.8) is 0 Å². The van der Waals surface area contributed by atoms with E-state index >= 15 is 0 Å². The molecule has 284 valence electrons. The molecule has 0 bridgehead atoms. The summed E-state index contributed by atoms with van der Waals surface area (Å²) in [4.78, 5) is 2.11. The second kappa shape index (κ2) is 48.6. The van der Waals surface area contributed by atoms with E-state index in [0.717, 1.165) is 36.4 Å². The van der Waals surface area contributed by atoms with Gasteiger partial charge in [-0.2, -0.15) is 12.8 Å². The standard InChI is InChI=1S/C19H28FN.C9H20.C6H13.2C4H10.C3H7.U/c1-7-8-15(4)19(14(2)3)13-21(6)18-11-9-17(10-12-18)16(5)20;1-4-6-7-8-9(3)5-2;1-3-5-6-4-2;2*1-3-4-2;1-3-2;/h8-14,16H,7H2,1-6H3;9H,4-8H2,1-3H3;1,3-6H2,2H3;2*3-4H2,1-2H3;1,3H2,2H3;/q;;-1;;;-1;+2/b15-8-,19-13-;;;;;;. The molecule has 1 rings (SSSR count). The van der Waals surface area contributed by atoms with Crippen molar-refractivity contribution >= 4 is 5.69 Å². The topological polar surface area (TPSA) is 3.24 Å². The summed E-state index contributed by atoms with van der Waals surface area (Å²) in [6.07, 6.45) is 22.9. The third-order valence-electron chi connectivity index (χ3n) is 7.53. The predicted molar refractivity (Wildman–Crippen MR) is 221 cm³/mol. The number of alkyl halides is 1. The van der Waals surface area contributed by atoms with Crippen LogP contribution >= 0.6 is 0 Å². The Labute approximate surface area is 329 Å². The summed E-state index contributed by atoms with van der Waals surface area (Å²) in [6.45, 7) is 37.3. The van der Waals surface area contributed by atoms with Gasteiger partial charge < -0.3 is 18.7 Å². The first-order chi connectivity index (χ1) is 22.3. The van der Waals surface area contributed by atoms with Crippen LogP contribution in [-0.4, -0.2) is 7.05 Å². The van der Waals surface area contributed by atoms with Crippen LogP contribution in [0.4, 0.5) is 10.1 Å². The van der Waals surface area contributed by atoms with E-state index in [9.17, 15) is 4.39 Å². The first-order valence-corrected chi connectivity index (χ1v) is 19.8. The molecule has 0 aliphatic rings. The number of hydrogen-bond acceptors (Lipinski definition) is 1. The maximum absolute atomic E-state index is 13.2. The molecule has 0 amide bonds. The minimum absolute atomic E-state index is 0. The number of hydrogen-bond donors (Lipinski definition) is 0. The van der Waals surface area contributed by atoms with Gasteiger partial charge in [-0.25, -0.2) is 4.39 Å². The fourth-order valence-electron chi connectivity index (χ4n) is 3.76. The van der Waals surface area contributed by atoms with Gasteiger partial charge in [0.1, 0.15) is 6.17 Å². The van der Waals surface area contributed by atoms with Gasteiger partial charge in [-0.15, -0.1) is 0 Å². The first-order valence-electron chi connectivity index (χ1n) is 19.8. The van der Waals surface area contributed by atoms with E-state index in [1.165, 1.54) is 88.2 Å². The summed E-state index contributed by atoms with van der Waals surface area (Å²) in [5.74, 6) is 1.43. The summed E-state index contributed by atoms with van der Waals surface area (Å²) in [7, 11) is 2.04. The normalized spacial score (nSPS) is 11.6. The quantitative estimate of drug-likeness (QED) is 0.0908. The zero-order chi connectivity index (χ0) is 37.5. The molecule has 0 fully saturated rings. The molecule has 0 spiro atoms. The van der Waals surface area contributed by atoms with E-state index in [2.05, 4.69) is 114 Å². The second-order valence-corrected chi connectivity index (χ2v) is 12.9. The Balaban J connectivity index is -0.000000135. The smallest absolute Gasteiger partial charge is 0.351 e. The number of nitrogens with zero attached hydrogens (tertiary/aromatic N) is 1. The molecule has 0 aliphatic heterocycles. The van der Waals surface area contributed by atoms with Crippen molar-refractivity contribution in [2.45, 2.75) is 199 Å². The Morgan fingerprint density at radius 1 is 0.729 bits per heavy atom. The zero-order valence-electron chi connectivity index (χ0n) is 35.5. The van der Waals surface area contributed by atoms with Crippen molar-refractivity contribution in [3.05, 3.63) is 67.1 Å². The molecule has 0 saturated heterocycles. The van der Waals surface area contributed by atoms with E-state index in [-0.39, 0.29) is 31.1 Å². The molecule has 2 unspecified atom stereocenters. The van der Waals surface area contributed by atoms with Crippen LogP contribution in [0.2, 0.25) is 0 Å². The van der Waals surface area contributed by atoms with Crippen molar-refractivity contribution in [1.29, 1.82) is 0 Å². The van der Waals surface area contributed by atoms with Gasteiger partial charge in [-0.05, 0) is 55.4 Å². The number of allylic oxidation sites excluding steroid dienone is 3. The molecule has 3 heteroatoms. The van der Waals surface area contributed by atoms with E-state index in [1.807, 2.05) is 38.2 Å². The minimum Gasteiger partial charge on any atom is -0.351 e. The van der Waals surface area contributed by atoms with Gasteiger partial charge in [0.05, 0.1) is 0 Å². The second-order valence-electron chi connectivity index (χ2n) is 12.9. The van der Waals surface area contributed by atoms with Crippen LogP contribution in [0.25, 0.3) is 0 Å². The van der Waals surface area contributed by atoms with Crippen LogP contribution in [0.15, 0.2) is 47.7 Å². The summed E-state index contributed by atoms with van der Waals surface area (Å²) in [6, 6.07) is 7.65. The molecule has 1 aromatic rings. The van der Waals surface area contributed by atoms with Crippen molar-refractivity contribution in [3.8, 4) is 0 Å². The average Bonchev–Trinajstić information content (AvgIpc) is 3.07. The third kappa shape index (κ3) is 45.5. The summed E-state index contributed by atoms with van der Waals surface area (Å²) < 4.78 is 13.2. The van der Waals surface area contributed by atoms with Gasteiger partial charge in [0, 0.05) is 18.9 Å². The van der Waals surface area contributed by atoms with Crippen LogP contribution < -0.4 is 4.90 Å². The monoisotopic (exact) mass is 900 g/mol. The van der Waals surface area contributed by atoms with E-state index in [4.69, 9.17) is 0 Å². The first kappa shape index (κ1) is 59.6. The third-order valence-corrected chi connectivity index (χ3v) is 7.53. The molecular weight excluding hydrogens is 812 g/mol. The number of rotatable bonds is 16. The van der Waals surface area contributed by atoms with Crippen LogP contribution in [0.5, 0.6) is 0 Å². The van der Waals surface area contributed by atoms with Crippen LogP contribution in [0.3, 0.4) is 0 Å². The van der Waals surface area contributed by atoms with Gasteiger partial charge >= 0.3 is 31.1 Å². The molecule has 48 heavy (non-hydrogen) atoms. The molecule has 0 N–H and O–H groups in total. The molecule has 2 atom stereocenters. The molecule has 1 nitrogen and oxygen atoms in total. The van der Waals surface area contributed by atoms with Crippen LogP contribution in [-0.2, 0) is 0 Å². The molecule has 0 aromatic heterocycles. The number of unbranched alkanes of at least 4 members (excludes halogenated alkanes) is 7. The molecular formula is C45H88FNU. The summed E-state index contributed by atoms with van der Waals surface area (Å²) in [5, 5.41) is 0. The van der Waals surface area contributed by atoms with Crippen LogP contribution in [0.1, 0.15) is 205 Å². The van der Waals surface area contributed by atoms with Gasteiger partial charge in [0.2, 0.25) is 0 Å². The Kier molecular flexibility index (Phi) is 60.4. The SMILES string of the molecule is CC/C=C(C)\C(=C/N(C)c1ccc(C(C)F)cc1)C(C)C.CCCC.CCCC.CCCCCC(C)CC.[CH2-]CC.[CH2-]CCCCC.[U+2]. The minimum atomic E-state index is -0.916. The Hall–Kier alpha value is -0.518. The van der Waals surface area contributed by atoms with E-state index in [0.29, 0.717) is 5.92 Å². The Morgan fingerprint density at radius 3 is 1.46 bits per heavy atom. The Bertz CT molecular complexity index is 739.